The number of hydrogen-bond donors (Lipinski definition) is 1. The maximum Gasteiger partial charge on any atom is 0.162 e. The lowest BCUT2D eigenvalue weighted by molar-refractivity contribution is 0.112. The Kier molecular flexibility index (Phi) is 3.94. The third-order valence-corrected chi connectivity index (χ3v) is 3.01. The number of phenols is 1. The predicted octanol–water partition coefficient (Wildman–Crippen LogP) is 2.94. The van der Waals surface area contributed by atoms with E-state index in [4.69, 9.17) is 4.74 Å². The number of pyridine rings is 1. The van der Waals surface area contributed by atoms with Gasteiger partial charge in [-0.25, -0.2) is 0 Å². The Labute approximate surface area is 112 Å². The first kappa shape index (κ1) is 12.6. The Morgan fingerprint density at radius 1 is 1.44 bits per heavy atom. The van der Waals surface area contributed by atoms with E-state index in [9.17, 15) is 9.90 Å². The first-order valence-corrected chi connectivity index (χ1v) is 5.99. The van der Waals surface area contributed by atoms with Gasteiger partial charge in [-0.3, -0.25) is 9.78 Å². The maximum absolute atomic E-state index is 10.7. The van der Waals surface area contributed by atoms with Gasteiger partial charge in [0.2, 0.25) is 0 Å². The molecule has 0 spiro atoms. The first-order chi connectivity index (χ1) is 8.70. The lowest BCUT2D eigenvalue weighted by Crippen LogP contribution is -1.97. The van der Waals surface area contributed by atoms with Crippen LogP contribution in [0.4, 0.5) is 0 Å². The van der Waals surface area contributed by atoms with Crippen LogP contribution in [0.15, 0.2) is 41.1 Å². The van der Waals surface area contributed by atoms with Gasteiger partial charge in [-0.2, -0.15) is 0 Å². The number of phenolic OH excluding ortho intramolecular Hbond substituents is 1. The van der Waals surface area contributed by atoms with E-state index < -0.39 is 0 Å². The zero-order valence-electron chi connectivity index (χ0n) is 9.34. The van der Waals surface area contributed by atoms with Crippen LogP contribution in [0.3, 0.4) is 0 Å². The molecule has 0 aliphatic carbocycles. The molecule has 0 aliphatic rings. The molecule has 0 aliphatic heterocycles. The highest BCUT2D eigenvalue weighted by molar-refractivity contribution is 9.10. The van der Waals surface area contributed by atoms with Crippen LogP contribution in [0.2, 0.25) is 0 Å². The predicted molar refractivity (Wildman–Crippen MR) is 69.8 cm³/mol. The van der Waals surface area contributed by atoms with Crippen molar-refractivity contribution in [3.63, 3.8) is 0 Å². The number of hydrogen-bond acceptors (Lipinski definition) is 4. The summed E-state index contributed by atoms with van der Waals surface area (Å²) >= 11 is 3.23. The molecule has 0 atom stereocenters. The van der Waals surface area contributed by atoms with Gasteiger partial charge in [0.25, 0.3) is 0 Å². The molecule has 2 rings (SSSR count). The highest BCUT2D eigenvalue weighted by Gasteiger charge is 2.08. The monoisotopic (exact) mass is 307 g/mol. The minimum Gasteiger partial charge on any atom is -0.504 e. The minimum absolute atomic E-state index is 0.0656. The molecule has 0 saturated heterocycles. The summed E-state index contributed by atoms with van der Waals surface area (Å²) in [4.78, 5) is 14.6. The number of halogens is 1. The van der Waals surface area contributed by atoms with Gasteiger partial charge in [0.05, 0.1) is 0 Å². The smallest absolute Gasteiger partial charge is 0.162 e. The highest BCUT2D eigenvalue weighted by atomic mass is 79.9. The molecule has 0 saturated carbocycles. The fraction of sp³-hybridized carbons (Fsp3) is 0.0769. The molecule has 92 valence electrons. The van der Waals surface area contributed by atoms with Crippen molar-refractivity contribution in [1.29, 1.82) is 0 Å². The van der Waals surface area contributed by atoms with Gasteiger partial charge in [-0.15, -0.1) is 0 Å². The van der Waals surface area contributed by atoms with E-state index in [2.05, 4.69) is 20.9 Å². The van der Waals surface area contributed by atoms with Crippen molar-refractivity contribution in [3.8, 4) is 11.5 Å². The van der Waals surface area contributed by atoms with Crippen LogP contribution in [0.1, 0.15) is 15.9 Å². The van der Waals surface area contributed by atoms with E-state index in [-0.39, 0.29) is 5.75 Å². The number of benzene rings is 1. The first-order valence-electron chi connectivity index (χ1n) is 5.20. The quantitative estimate of drug-likeness (QED) is 0.882. The zero-order valence-corrected chi connectivity index (χ0v) is 10.9. The van der Waals surface area contributed by atoms with E-state index >= 15 is 0 Å². The third kappa shape index (κ3) is 2.87. The van der Waals surface area contributed by atoms with E-state index in [1.165, 1.54) is 6.07 Å². The SMILES string of the molecule is O=Cc1cc(O)c(OCc2cccnc2)cc1Br. The minimum atomic E-state index is -0.0656. The van der Waals surface area contributed by atoms with Crippen LogP contribution in [0.5, 0.6) is 11.5 Å². The summed E-state index contributed by atoms with van der Waals surface area (Å²) in [7, 11) is 0. The summed E-state index contributed by atoms with van der Waals surface area (Å²) < 4.78 is 6.05. The van der Waals surface area contributed by atoms with Crippen molar-refractivity contribution < 1.29 is 14.6 Å². The Bertz CT molecular complexity index is 558. The molecule has 1 N–H and O–H groups in total. The third-order valence-electron chi connectivity index (χ3n) is 2.32. The molecule has 5 heteroatoms. The molecule has 0 fully saturated rings. The number of aromatic nitrogens is 1. The fourth-order valence-corrected chi connectivity index (χ4v) is 1.83. The van der Waals surface area contributed by atoms with Gasteiger partial charge in [-0.05, 0) is 34.1 Å². The molecule has 1 aromatic heterocycles. The van der Waals surface area contributed by atoms with E-state index in [0.717, 1.165) is 5.56 Å². The number of carbonyl (C=O) groups excluding carboxylic acids is 1. The second kappa shape index (κ2) is 5.64. The topological polar surface area (TPSA) is 59.4 Å². The van der Waals surface area contributed by atoms with Crippen LogP contribution in [-0.4, -0.2) is 16.4 Å². The summed E-state index contributed by atoms with van der Waals surface area (Å²) in [6.45, 7) is 0.300. The number of nitrogens with zero attached hydrogens (tertiary/aromatic N) is 1. The number of carbonyl (C=O) groups is 1. The van der Waals surface area contributed by atoms with Gasteiger partial charge >= 0.3 is 0 Å². The summed E-state index contributed by atoms with van der Waals surface area (Å²) in [5, 5.41) is 9.70. The molecule has 1 heterocycles. The largest absolute Gasteiger partial charge is 0.504 e. The van der Waals surface area contributed by atoms with Crippen LogP contribution in [0.25, 0.3) is 0 Å². The van der Waals surface area contributed by atoms with Crippen LogP contribution >= 0.6 is 15.9 Å². The number of ether oxygens (including phenoxy) is 1. The van der Waals surface area contributed by atoms with Gasteiger partial charge in [0.1, 0.15) is 6.61 Å². The van der Waals surface area contributed by atoms with Crippen molar-refractivity contribution in [3.05, 3.63) is 52.3 Å². The average molecular weight is 308 g/mol. The van der Waals surface area contributed by atoms with Crippen molar-refractivity contribution >= 4 is 22.2 Å². The van der Waals surface area contributed by atoms with Gasteiger partial charge in [-0.1, -0.05) is 6.07 Å². The average Bonchev–Trinajstić information content (AvgIpc) is 2.40. The Hall–Kier alpha value is -1.88. The molecular formula is C13H10BrNO3. The lowest BCUT2D eigenvalue weighted by Gasteiger charge is -2.09. The summed E-state index contributed by atoms with van der Waals surface area (Å²) in [5.74, 6) is 0.250. The maximum atomic E-state index is 10.7. The van der Waals surface area contributed by atoms with Crippen LogP contribution in [0, 0.1) is 0 Å². The van der Waals surface area contributed by atoms with E-state index in [0.29, 0.717) is 28.7 Å². The van der Waals surface area contributed by atoms with Crippen LogP contribution < -0.4 is 4.74 Å². The normalized spacial score (nSPS) is 10.1. The summed E-state index contributed by atoms with van der Waals surface area (Å²) in [6.07, 6.45) is 4.02. The molecule has 0 unspecified atom stereocenters. The Morgan fingerprint density at radius 2 is 2.28 bits per heavy atom. The molecule has 4 nitrogen and oxygen atoms in total. The fourth-order valence-electron chi connectivity index (χ4n) is 1.41. The van der Waals surface area contributed by atoms with Crippen LogP contribution in [-0.2, 0) is 6.61 Å². The summed E-state index contributed by atoms with van der Waals surface area (Å²) in [6, 6.07) is 6.61. The zero-order chi connectivity index (χ0) is 13.0. The van der Waals surface area contributed by atoms with Crippen molar-refractivity contribution in [2.75, 3.05) is 0 Å². The van der Waals surface area contributed by atoms with Gasteiger partial charge in [0, 0.05) is 28.0 Å². The molecule has 0 bridgehead atoms. The number of aromatic hydroxyl groups is 1. The van der Waals surface area contributed by atoms with E-state index in [1.54, 1.807) is 18.5 Å². The van der Waals surface area contributed by atoms with Gasteiger partial charge in [0.15, 0.2) is 17.8 Å². The molecule has 2 aromatic rings. The molecule has 1 aromatic carbocycles. The van der Waals surface area contributed by atoms with E-state index in [1.807, 2.05) is 12.1 Å². The number of aldehydes is 1. The molecule has 0 radical (unpaired) electrons. The van der Waals surface area contributed by atoms with Crippen molar-refractivity contribution in [2.45, 2.75) is 6.61 Å². The van der Waals surface area contributed by atoms with Crippen molar-refractivity contribution in [1.82, 2.24) is 4.98 Å². The Balaban J connectivity index is 2.15. The summed E-state index contributed by atoms with van der Waals surface area (Å²) in [5.41, 5.74) is 1.27. The van der Waals surface area contributed by atoms with Gasteiger partial charge < -0.3 is 9.84 Å². The molecule has 18 heavy (non-hydrogen) atoms. The molecular weight excluding hydrogens is 298 g/mol. The lowest BCUT2D eigenvalue weighted by atomic mass is 10.2. The second-order valence-electron chi connectivity index (χ2n) is 3.61. The second-order valence-corrected chi connectivity index (χ2v) is 4.46. The molecule has 0 amide bonds. The standard InChI is InChI=1S/C13H10BrNO3/c14-11-5-13(12(17)4-10(11)7-16)18-8-9-2-1-3-15-6-9/h1-7,17H,8H2. The van der Waals surface area contributed by atoms with Crippen molar-refractivity contribution in [2.24, 2.45) is 0 Å². The Morgan fingerprint density at radius 3 is 2.94 bits per heavy atom. The number of rotatable bonds is 4. The highest BCUT2D eigenvalue weighted by Crippen LogP contribution is 2.32.